The minimum Gasteiger partial charge on any atom is -0.478 e. The molecule has 0 radical (unpaired) electrons. The zero-order valence-corrected chi connectivity index (χ0v) is 16.7. The van der Waals surface area contributed by atoms with E-state index in [0.29, 0.717) is 17.8 Å². The van der Waals surface area contributed by atoms with Gasteiger partial charge in [0.15, 0.2) is 0 Å². The number of carbonyl (C=O) groups is 2. The van der Waals surface area contributed by atoms with Crippen molar-refractivity contribution in [1.29, 1.82) is 0 Å². The van der Waals surface area contributed by atoms with Gasteiger partial charge in [0.05, 0.1) is 11.5 Å². The first-order chi connectivity index (χ1) is 13.8. The molecule has 7 heteroatoms. The molecule has 1 fully saturated rings. The van der Waals surface area contributed by atoms with Gasteiger partial charge in [0, 0.05) is 37.5 Å². The normalized spacial score (nSPS) is 22.0. The Morgan fingerprint density at radius 2 is 2.03 bits per heavy atom. The van der Waals surface area contributed by atoms with Crippen molar-refractivity contribution < 1.29 is 24.2 Å². The number of likely N-dealkylation sites (tertiary alicyclic amines) is 1. The summed E-state index contributed by atoms with van der Waals surface area (Å²) in [6.45, 7) is 5.05. The molecule has 2 unspecified atom stereocenters. The number of carboxylic acids is 1. The Morgan fingerprint density at radius 3 is 2.72 bits per heavy atom. The molecule has 0 bridgehead atoms. The number of hydrogen-bond donors (Lipinski definition) is 3. The molecule has 3 rings (SSSR count). The van der Waals surface area contributed by atoms with Crippen LogP contribution in [-0.2, 0) is 4.79 Å². The summed E-state index contributed by atoms with van der Waals surface area (Å²) >= 11 is 0. The highest BCUT2D eigenvalue weighted by molar-refractivity contribution is 5.98. The predicted molar refractivity (Wildman–Crippen MR) is 108 cm³/mol. The first-order valence-corrected chi connectivity index (χ1v) is 9.88. The number of nitrogens with one attached hydrogen (secondary N) is 1. The van der Waals surface area contributed by atoms with Crippen molar-refractivity contribution in [2.24, 2.45) is 11.8 Å². The Bertz CT molecular complexity index is 878. The molecule has 1 aromatic rings. The lowest BCUT2D eigenvalue weighted by Crippen LogP contribution is -2.38. The van der Waals surface area contributed by atoms with E-state index < -0.39 is 23.6 Å². The van der Waals surface area contributed by atoms with Crippen molar-refractivity contribution in [3.8, 4) is 0 Å². The largest absolute Gasteiger partial charge is 0.478 e. The fourth-order valence-corrected chi connectivity index (χ4v) is 4.08. The number of aromatic carboxylic acids is 1. The number of anilines is 1. The Kier molecular flexibility index (Phi) is 6.37. The number of carboxylic acid groups (broad SMARTS) is 1. The molecule has 2 aliphatic rings. The molecule has 1 amide bonds. The van der Waals surface area contributed by atoms with E-state index in [1.165, 1.54) is 12.1 Å². The summed E-state index contributed by atoms with van der Waals surface area (Å²) in [4.78, 5) is 26.4. The van der Waals surface area contributed by atoms with Crippen molar-refractivity contribution >= 4 is 17.6 Å². The fraction of sp³-hybridized carbons (Fsp3) is 0.455. The van der Waals surface area contributed by atoms with E-state index in [1.807, 2.05) is 0 Å². The van der Waals surface area contributed by atoms with Crippen molar-refractivity contribution in [3.05, 3.63) is 52.5 Å². The molecular weight excluding hydrogens is 375 g/mol. The Balaban J connectivity index is 1.77. The first kappa shape index (κ1) is 21.0. The monoisotopic (exact) mass is 402 g/mol. The van der Waals surface area contributed by atoms with Gasteiger partial charge in [-0.3, -0.25) is 4.79 Å². The van der Waals surface area contributed by atoms with E-state index in [9.17, 15) is 24.2 Å². The molecule has 29 heavy (non-hydrogen) atoms. The molecule has 156 valence electrons. The van der Waals surface area contributed by atoms with Gasteiger partial charge in [0.25, 0.3) is 0 Å². The number of aliphatic hydroxyl groups excluding tert-OH is 1. The van der Waals surface area contributed by atoms with Crippen LogP contribution in [0, 0.1) is 25.7 Å². The smallest absolute Gasteiger partial charge is 0.336 e. The van der Waals surface area contributed by atoms with Gasteiger partial charge in [-0.1, -0.05) is 6.07 Å². The topological polar surface area (TPSA) is 89.9 Å². The van der Waals surface area contributed by atoms with Crippen LogP contribution in [0.15, 0.2) is 35.8 Å². The van der Waals surface area contributed by atoms with Gasteiger partial charge in [-0.05, 0) is 62.0 Å². The molecule has 1 aromatic carbocycles. The quantitative estimate of drug-likeness (QED) is 0.702. The highest BCUT2D eigenvalue weighted by Crippen LogP contribution is 2.33. The molecule has 0 aromatic heterocycles. The molecule has 6 nitrogen and oxygen atoms in total. The highest BCUT2D eigenvalue weighted by atomic mass is 19.1. The van der Waals surface area contributed by atoms with Crippen LogP contribution < -0.4 is 5.32 Å². The molecule has 2 atom stereocenters. The maximum atomic E-state index is 14.5. The summed E-state index contributed by atoms with van der Waals surface area (Å²) in [7, 11) is 0. The molecule has 1 saturated heterocycles. The number of allylic oxidation sites excluding steroid dienone is 3. The number of piperidine rings is 1. The van der Waals surface area contributed by atoms with Crippen LogP contribution in [-0.4, -0.2) is 46.7 Å². The minimum atomic E-state index is -1.07. The number of aryl methyl sites for hydroxylation is 1. The number of rotatable bonds is 5. The third-order valence-electron chi connectivity index (χ3n) is 5.83. The lowest BCUT2D eigenvalue weighted by atomic mass is 9.92. The Hall–Kier alpha value is -2.67. The van der Waals surface area contributed by atoms with Gasteiger partial charge in [-0.25, -0.2) is 9.18 Å². The predicted octanol–water partition coefficient (Wildman–Crippen LogP) is 3.40. The van der Waals surface area contributed by atoms with E-state index in [0.717, 1.165) is 30.6 Å². The van der Waals surface area contributed by atoms with Crippen molar-refractivity contribution in [3.63, 3.8) is 0 Å². The second-order valence-corrected chi connectivity index (χ2v) is 7.83. The molecule has 1 heterocycles. The number of aliphatic hydroxyl groups is 1. The lowest BCUT2D eigenvalue weighted by Gasteiger charge is -2.37. The van der Waals surface area contributed by atoms with E-state index >= 15 is 0 Å². The number of hydrogen-bond acceptors (Lipinski definition) is 4. The van der Waals surface area contributed by atoms with Gasteiger partial charge < -0.3 is 20.4 Å². The standard InChI is InChI=1S/C22H27FN2O4/c1-13-5-7-17(22(28)29)14(2)20(13)24-21(27)18-10-16(6-8-19(18)23)25-9-3-4-15(11-25)12-26/h5-8,15,18,26H,3-4,9-12H2,1-2H3,(H,24,27)(H,28,29). The van der Waals surface area contributed by atoms with Crippen LogP contribution in [0.5, 0.6) is 0 Å². The molecule has 0 spiro atoms. The Morgan fingerprint density at radius 1 is 1.28 bits per heavy atom. The van der Waals surface area contributed by atoms with Crippen LogP contribution in [0.2, 0.25) is 0 Å². The third kappa shape index (κ3) is 4.50. The number of halogens is 1. The summed E-state index contributed by atoms with van der Waals surface area (Å²) in [6.07, 6.45) is 5.20. The SMILES string of the molecule is Cc1ccc(C(=O)O)c(C)c1NC(=O)C1CC(N2CCCC(CO)C2)=CC=C1F. The number of benzene rings is 1. The summed E-state index contributed by atoms with van der Waals surface area (Å²) in [5, 5.41) is 21.5. The van der Waals surface area contributed by atoms with Crippen LogP contribution in [0.1, 0.15) is 40.7 Å². The van der Waals surface area contributed by atoms with Gasteiger partial charge in [-0.2, -0.15) is 0 Å². The van der Waals surface area contributed by atoms with Crippen LogP contribution in [0.25, 0.3) is 0 Å². The number of nitrogens with zero attached hydrogens (tertiary/aromatic N) is 1. The van der Waals surface area contributed by atoms with Crippen molar-refractivity contribution in [2.75, 3.05) is 25.0 Å². The average Bonchev–Trinajstić information content (AvgIpc) is 2.71. The van der Waals surface area contributed by atoms with E-state index in [-0.39, 0.29) is 24.5 Å². The van der Waals surface area contributed by atoms with E-state index in [2.05, 4.69) is 10.2 Å². The molecule has 1 aliphatic carbocycles. The van der Waals surface area contributed by atoms with E-state index in [4.69, 9.17) is 0 Å². The van der Waals surface area contributed by atoms with Gasteiger partial charge in [0.2, 0.25) is 5.91 Å². The molecule has 3 N–H and O–H groups in total. The second-order valence-electron chi connectivity index (χ2n) is 7.83. The number of carbonyl (C=O) groups excluding carboxylic acids is 1. The van der Waals surface area contributed by atoms with Gasteiger partial charge in [-0.15, -0.1) is 0 Å². The fourth-order valence-electron chi connectivity index (χ4n) is 4.08. The second kappa shape index (κ2) is 8.78. The molecule has 1 aliphatic heterocycles. The van der Waals surface area contributed by atoms with Gasteiger partial charge in [0.1, 0.15) is 5.83 Å². The summed E-state index contributed by atoms with van der Waals surface area (Å²) in [5.74, 6) is -2.84. The lowest BCUT2D eigenvalue weighted by molar-refractivity contribution is -0.119. The Labute approximate surface area is 169 Å². The van der Waals surface area contributed by atoms with Crippen molar-refractivity contribution in [1.82, 2.24) is 4.90 Å². The van der Waals surface area contributed by atoms with E-state index in [1.54, 1.807) is 26.0 Å². The van der Waals surface area contributed by atoms with Crippen LogP contribution in [0.4, 0.5) is 10.1 Å². The average molecular weight is 402 g/mol. The first-order valence-electron chi connectivity index (χ1n) is 9.88. The third-order valence-corrected chi connectivity index (χ3v) is 5.83. The van der Waals surface area contributed by atoms with Crippen molar-refractivity contribution in [2.45, 2.75) is 33.1 Å². The highest BCUT2D eigenvalue weighted by Gasteiger charge is 2.31. The summed E-state index contributed by atoms with van der Waals surface area (Å²) in [5.41, 5.74) is 2.58. The molecular formula is C22H27FN2O4. The zero-order chi connectivity index (χ0) is 21.1. The van der Waals surface area contributed by atoms with Crippen LogP contribution >= 0.6 is 0 Å². The maximum Gasteiger partial charge on any atom is 0.336 e. The zero-order valence-electron chi connectivity index (χ0n) is 16.7. The maximum absolute atomic E-state index is 14.5. The summed E-state index contributed by atoms with van der Waals surface area (Å²) < 4.78 is 14.5. The number of amides is 1. The minimum absolute atomic E-state index is 0.106. The van der Waals surface area contributed by atoms with Crippen LogP contribution in [0.3, 0.4) is 0 Å². The summed E-state index contributed by atoms with van der Waals surface area (Å²) in [6, 6.07) is 3.13. The van der Waals surface area contributed by atoms with Gasteiger partial charge >= 0.3 is 5.97 Å². The molecule has 0 saturated carbocycles.